The van der Waals surface area contributed by atoms with E-state index in [1.54, 1.807) is 6.07 Å². The van der Waals surface area contributed by atoms with Crippen molar-refractivity contribution in [2.45, 2.75) is 6.42 Å². The number of sulfonamides is 1. The van der Waals surface area contributed by atoms with Crippen molar-refractivity contribution in [2.75, 3.05) is 17.2 Å². The van der Waals surface area contributed by atoms with E-state index in [-0.39, 0.29) is 24.0 Å². The van der Waals surface area contributed by atoms with Gasteiger partial charge in [0, 0.05) is 25.1 Å². The topological polar surface area (TPSA) is 106 Å². The number of nitrogens with two attached hydrogens (primary N) is 1. The van der Waals surface area contributed by atoms with Crippen molar-refractivity contribution >= 4 is 21.7 Å². The SMILES string of the molecule is NS(=O)(=O)CC1CC(=O)N(c2ccncn2)C1. The van der Waals surface area contributed by atoms with Crippen LogP contribution >= 0.6 is 0 Å². The Bertz CT molecular complexity index is 516. The van der Waals surface area contributed by atoms with Gasteiger partial charge in [0.05, 0.1) is 5.75 Å². The maximum absolute atomic E-state index is 11.7. The van der Waals surface area contributed by atoms with Gasteiger partial charge in [-0.2, -0.15) is 0 Å². The summed E-state index contributed by atoms with van der Waals surface area (Å²) in [7, 11) is -3.55. The van der Waals surface area contributed by atoms with Gasteiger partial charge in [-0.25, -0.2) is 23.5 Å². The van der Waals surface area contributed by atoms with Crippen LogP contribution in [0.5, 0.6) is 0 Å². The Labute approximate surface area is 98.7 Å². The van der Waals surface area contributed by atoms with Crippen LogP contribution in [0.15, 0.2) is 18.6 Å². The van der Waals surface area contributed by atoms with Crippen molar-refractivity contribution in [3.05, 3.63) is 18.6 Å². The van der Waals surface area contributed by atoms with Crippen LogP contribution in [0.2, 0.25) is 0 Å². The lowest BCUT2D eigenvalue weighted by Gasteiger charge is -2.14. The molecule has 1 amide bonds. The Hall–Kier alpha value is -1.54. The summed E-state index contributed by atoms with van der Waals surface area (Å²) in [6.45, 7) is 0.326. The molecule has 0 aromatic carbocycles. The fraction of sp³-hybridized carbons (Fsp3) is 0.444. The lowest BCUT2D eigenvalue weighted by Crippen LogP contribution is -2.28. The average molecular weight is 256 g/mol. The molecule has 2 heterocycles. The lowest BCUT2D eigenvalue weighted by molar-refractivity contribution is -0.117. The van der Waals surface area contributed by atoms with E-state index in [0.717, 1.165) is 0 Å². The van der Waals surface area contributed by atoms with E-state index in [1.807, 2.05) is 0 Å². The van der Waals surface area contributed by atoms with Crippen LogP contribution in [-0.4, -0.2) is 36.6 Å². The average Bonchev–Trinajstić information content (AvgIpc) is 2.58. The van der Waals surface area contributed by atoms with Gasteiger partial charge in [-0.15, -0.1) is 0 Å². The highest BCUT2D eigenvalue weighted by atomic mass is 32.2. The smallest absolute Gasteiger partial charge is 0.228 e. The van der Waals surface area contributed by atoms with Gasteiger partial charge in [-0.1, -0.05) is 0 Å². The molecule has 1 saturated heterocycles. The van der Waals surface area contributed by atoms with Crippen molar-refractivity contribution in [3.8, 4) is 0 Å². The van der Waals surface area contributed by atoms with Crippen molar-refractivity contribution in [1.82, 2.24) is 9.97 Å². The minimum Gasteiger partial charge on any atom is -0.296 e. The number of carbonyl (C=O) groups excluding carboxylic acids is 1. The zero-order valence-electron chi connectivity index (χ0n) is 8.98. The molecule has 92 valence electrons. The summed E-state index contributed by atoms with van der Waals surface area (Å²) in [4.78, 5) is 20.9. The first-order valence-corrected chi connectivity index (χ1v) is 6.74. The van der Waals surface area contributed by atoms with E-state index in [9.17, 15) is 13.2 Å². The molecule has 0 aliphatic carbocycles. The van der Waals surface area contributed by atoms with Crippen LogP contribution in [0.25, 0.3) is 0 Å². The predicted octanol–water partition coefficient (Wildman–Crippen LogP) is -0.882. The Balaban J connectivity index is 2.11. The van der Waals surface area contributed by atoms with Gasteiger partial charge in [-0.3, -0.25) is 9.69 Å². The monoisotopic (exact) mass is 256 g/mol. The molecule has 0 spiro atoms. The summed E-state index contributed by atoms with van der Waals surface area (Å²) >= 11 is 0. The van der Waals surface area contributed by atoms with Gasteiger partial charge in [-0.05, 0) is 6.07 Å². The van der Waals surface area contributed by atoms with Crippen LogP contribution in [0.1, 0.15) is 6.42 Å². The van der Waals surface area contributed by atoms with Crippen molar-refractivity contribution < 1.29 is 13.2 Å². The van der Waals surface area contributed by atoms with Gasteiger partial charge < -0.3 is 0 Å². The molecule has 1 aliphatic rings. The molecule has 0 saturated carbocycles. The molecule has 2 N–H and O–H groups in total. The summed E-state index contributed by atoms with van der Waals surface area (Å²) in [5, 5.41) is 4.96. The third-order valence-electron chi connectivity index (χ3n) is 2.52. The number of aromatic nitrogens is 2. The quantitative estimate of drug-likeness (QED) is 0.755. The lowest BCUT2D eigenvalue weighted by atomic mass is 10.1. The van der Waals surface area contributed by atoms with Crippen molar-refractivity contribution in [2.24, 2.45) is 11.1 Å². The molecule has 8 heteroatoms. The standard InChI is InChI=1S/C9H12N4O3S/c10-17(15,16)5-7-3-9(14)13(4-7)8-1-2-11-6-12-8/h1-2,6-7H,3-5H2,(H2,10,15,16). The van der Waals surface area contributed by atoms with E-state index < -0.39 is 10.0 Å². The van der Waals surface area contributed by atoms with Crippen LogP contribution in [0, 0.1) is 5.92 Å². The molecule has 1 aromatic heterocycles. The van der Waals surface area contributed by atoms with E-state index in [0.29, 0.717) is 12.4 Å². The molecule has 1 atom stereocenters. The number of anilines is 1. The number of hydrogen-bond acceptors (Lipinski definition) is 5. The van der Waals surface area contributed by atoms with Gasteiger partial charge in [0.2, 0.25) is 15.9 Å². The summed E-state index contributed by atoms with van der Waals surface area (Å²) in [5.41, 5.74) is 0. The Morgan fingerprint density at radius 2 is 2.29 bits per heavy atom. The minimum atomic E-state index is -3.55. The highest BCUT2D eigenvalue weighted by Crippen LogP contribution is 2.23. The molecule has 1 fully saturated rings. The molecule has 0 radical (unpaired) electrons. The molecule has 1 unspecified atom stereocenters. The first kappa shape index (κ1) is 11.9. The minimum absolute atomic E-state index is 0.141. The molecular weight excluding hydrogens is 244 g/mol. The number of primary sulfonamides is 1. The molecular formula is C9H12N4O3S. The Morgan fingerprint density at radius 1 is 1.53 bits per heavy atom. The van der Waals surface area contributed by atoms with Crippen LogP contribution in [0.3, 0.4) is 0 Å². The fourth-order valence-corrected chi connectivity index (χ4v) is 2.77. The Morgan fingerprint density at radius 3 is 2.88 bits per heavy atom. The van der Waals surface area contributed by atoms with E-state index in [2.05, 4.69) is 9.97 Å². The molecule has 0 bridgehead atoms. The van der Waals surface area contributed by atoms with Gasteiger partial charge in [0.1, 0.15) is 12.1 Å². The number of nitrogens with zero attached hydrogens (tertiary/aromatic N) is 3. The van der Waals surface area contributed by atoms with Gasteiger partial charge >= 0.3 is 0 Å². The van der Waals surface area contributed by atoms with Gasteiger partial charge in [0.15, 0.2) is 0 Å². The summed E-state index contributed by atoms with van der Waals surface area (Å²) in [5.74, 6) is -0.105. The van der Waals surface area contributed by atoms with E-state index in [4.69, 9.17) is 5.14 Å². The second-order valence-corrected chi connectivity index (χ2v) is 5.63. The fourth-order valence-electron chi connectivity index (χ4n) is 1.89. The normalized spacial score (nSPS) is 20.9. The van der Waals surface area contributed by atoms with E-state index in [1.165, 1.54) is 17.4 Å². The first-order chi connectivity index (χ1) is 7.96. The summed E-state index contributed by atoms with van der Waals surface area (Å²) < 4.78 is 21.9. The molecule has 17 heavy (non-hydrogen) atoms. The van der Waals surface area contributed by atoms with Crippen LogP contribution in [0.4, 0.5) is 5.82 Å². The van der Waals surface area contributed by atoms with Crippen molar-refractivity contribution in [1.29, 1.82) is 0 Å². The molecule has 7 nitrogen and oxygen atoms in total. The van der Waals surface area contributed by atoms with Crippen LogP contribution in [-0.2, 0) is 14.8 Å². The van der Waals surface area contributed by atoms with Gasteiger partial charge in [0.25, 0.3) is 0 Å². The maximum atomic E-state index is 11.7. The number of hydrogen-bond donors (Lipinski definition) is 1. The zero-order chi connectivity index (χ0) is 12.5. The molecule has 1 aliphatic heterocycles. The number of carbonyl (C=O) groups is 1. The third kappa shape index (κ3) is 2.98. The zero-order valence-corrected chi connectivity index (χ0v) is 9.80. The van der Waals surface area contributed by atoms with Crippen molar-refractivity contribution in [3.63, 3.8) is 0 Å². The highest BCUT2D eigenvalue weighted by molar-refractivity contribution is 7.89. The highest BCUT2D eigenvalue weighted by Gasteiger charge is 2.33. The second kappa shape index (κ2) is 4.38. The predicted molar refractivity (Wildman–Crippen MR) is 60.5 cm³/mol. The Kier molecular flexibility index (Phi) is 3.07. The maximum Gasteiger partial charge on any atom is 0.228 e. The summed E-state index contributed by atoms with van der Waals surface area (Å²) in [6.07, 6.45) is 3.05. The summed E-state index contributed by atoms with van der Waals surface area (Å²) in [6, 6.07) is 1.61. The third-order valence-corrected chi connectivity index (χ3v) is 3.45. The number of rotatable bonds is 3. The molecule has 1 aromatic rings. The largest absolute Gasteiger partial charge is 0.296 e. The first-order valence-electron chi connectivity index (χ1n) is 5.02. The number of amides is 1. The van der Waals surface area contributed by atoms with Crippen LogP contribution < -0.4 is 10.0 Å². The second-order valence-electron chi connectivity index (χ2n) is 3.97. The van der Waals surface area contributed by atoms with E-state index >= 15 is 0 Å². The molecule has 2 rings (SSSR count).